The highest BCUT2D eigenvalue weighted by atomic mass is 33.1. The van der Waals surface area contributed by atoms with E-state index in [1.165, 1.54) is 0 Å². The predicted molar refractivity (Wildman–Crippen MR) is 193 cm³/mol. The maximum atomic E-state index is 13.5. The lowest BCUT2D eigenvalue weighted by atomic mass is 9.80. The monoisotopic (exact) mass is 679 g/mol. The van der Waals surface area contributed by atoms with Crippen LogP contribution in [0.3, 0.4) is 0 Å². The minimum atomic E-state index is -0.935. The molecule has 10 heteroatoms. The molecule has 1 aliphatic rings. The third kappa shape index (κ3) is 10.2. The summed E-state index contributed by atoms with van der Waals surface area (Å²) in [6.07, 6.45) is 3.08. The number of nitrogens with two attached hydrogens (primary N) is 1. The second-order valence-electron chi connectivity index (χ2n) is 11.8. The molecule has 3 N–H and O–H groups in total. The molecule has 1 saturated heterocycles. The van der Waals surface area contributed by atoms with E-state index in [2.05, 4.69) is 24.4 Å². The van der Waals surface area contributed by atoms with Crippen LogP contribution >= 0.6 is 21.6 Å². The minimum Gasteiger partial charge on any atom is -0.497 e. The van der Waals surface area contributed by atoms with Crippen LogP contribution in [0.2, 0.25) is 0 Å². The van der Waals surface area contributed by atoms with E-state index in [4.69, 9.17) is 19.9 Å². The van der Waals surface area contributed by atoms with Gasteiger partial charge in [0.05, 0.1) is 26.9 Å². The molecular weight excluding hydrogens is 631 g/mol. The third-order valence-electron chi connectivity index (χ3n) is 8.45. The van der Waals surface area contributed by atoms with E-state index in [0.717, 1.165) is 46.1 Å². The Morgan fingerprint density at radius 1 is 0.851 bits per heavy atom. The smallest absolute Gasteiger partial charge is 0.222 e. The number of nitrogens with zero attached hydrogens (tertiary/aromatic N) is 1. The van der Waals surface area contributed by atoms with Crippen molar-refractivity contribution in [2.45, 2.75) is 50.7 Å². The molecule has 1 fully saturated rings. The van der Waals surface area contributed by atoms with Gasteiger partial charge in [-0.25, -0.2) is 0 Å². The summed E-state index contributed by atoms with van der Waals surface area (Å²) in [6, 6.07) is 26.2. The van der Waals surface area contributed by atoms with Crippen LogP contribution in [-0.2, 0) is 19.9 Å². The van der Waals surface area contributed by atoms with Crippen LogP contribution in [0.1, 0.15) is 55.7 Å². The van der Waals surface area contributed by atoms with Gasteiger partial charge in [0.25, 0.3) is 0 Å². The quantitative estimate of drug-likeness (QED) is 0.0869. The number of nitrogens with one attached hydrogen (secondary N) is 1. The Morgan fingerprint density at radius 2 is 1.43 bits per heavy atom. The molecule has 8 nitrogen and oxygen atoms in total. The normalized spacial score (nSPS) is 16.2. The summed E-state index contributed by atoms with van der Waals surface area (Å²) in [4.78, 5) is 27.8. The van der Waals surface area contributed by atoms with Gasteiger partial charge in [-0.2, -0.15) is 0 Å². The number of amides is 2. The molecule has 1 heterocycles. The van der Waals surface area contributed by atoms with E-state index in [1.54, 1.807) is 35.8 Å². The lowest BCUT2D eigenvalue weighted by Gasteiger charge is -2.38. The van der Waals surface area contributed by atoms with E-state index in [0.29, 0.717) is 57.8 Å². The summed E-state index contributed by atoms with van der Waals surface area (Å²) in [5.74, 6) is 3.82. The highest BCUT2D eigenvalue weighted by Gasteiger charge is 2.41. The van der Waals surface area contributed by atoms with E-state index < -0.39 is 5.60 Å². The number of carbonyl (C=O) groups is 2. The zero-order chi connectivity index (χ0) is 33.5. The number of ether oxygens (including phenoxy) is 3. The Labute approximate surface area is 287 Å². The van der Waals surface area contributed by atoms with Crippen molar-refractivity contribution in [2.24, 2.45) is 11.7 Å². The molecule has 0 aromatic heterocycles. The van der Waals surface area contributed by atoms with Crippen molar-refractivity contribution in [3.8, 4) is 11.5 Å². The Hall–Kier alpha value is -3.18. The van der Waals surface area contributed by atoms with Crippen LogP contribution in [0.15, 0.2) is 78.9 Å². The Bertz CT molecular complexity index is 1330. The Morgan fingerprint density at radius 3 is 2.02 bits per heavy atom. The van der Waals surface area contributed by atoms with Crippen LogP contribution < -0.4 is 20.5 Å². The molecule has 254 valence electrons. The highest BCUT2D eigenvalue weighted by molar-refractivity contribution is 8.76. The van der Waals surface area contributed by atoms with E-state index in [-0.39, 0.29) is 17.9 Å². The fraction of sp³-hybridized carbons (Fsp3) is 0.459. The molecule has 0 radical (unpaired) electrons. The number of rotatable bonds is 19. The van der Waals surface area contributed by atoms with E-state index in [9.17, 15) is 9.59 Å². The van der Waals surface area contributed by atoms with Gasteiger partial charge in [0.15, 0.2) is 0 Å². The maximum Gasteiger partial charge on any atom is 0.222 e. The van der Waals surface area contributed by atoms with Crippen molar-refractivity contribution < 1.29 is 23.8 Å². The average molecular weight is 680 g/mol. The van der Waals surface area contributed by atoms with Crippen molar-refractivity contribution in [1.29, 1.82) is 0 Å². The first-order chi connectivity index (χ1) is 22.9. The molecule has 0 unspecified atom stereocenters. The van der Waals surface area contributed by atoms with Gasteiger partial charge in [-0.15, -0.1) is 0 Å². The first-order valence-corrected chi connectivity index (χ1v) is 18.9. The predicted octanol–water partition coefficient (Wildman–Crippen LogP) is 6.27. The molecule has 0 saturated carbocycles. The van der Waals surface area contributed by atoms with Crippen molar-refractivity contribution in [2.75, 3.05) is 52.0 Å². The number of carbonyl (C=O) groups excluding carboxylic acids is 2. The van der Waals surface area contributed by atoms with Crippen LogP contribution in [-0.4, -0.2) is 74.7 Å². The number of methoxy groups -OCH3 is 2. The molecule has 3 aromatic carbocycles. The number of hydrogen-bond donors (Lipinski definition) is 2. The van der Waals surface area contributed by atoms with Gasteiger partial charge in [-0.1, -0.05) is 83.1 Å². The second kappa shape index (κ2) is 19.0. The summed E-state index contributed by atoms with van der Waals surface area (Å²) in [5.41, 5.74) is 7.49. The fourth-order valence-corrected chi connectivity index (χ4v) is 7.87. The molecule has 2 atom stereocenters. The summed E-state index contributed by atoms with van der Waals surface area (Å²) in [5, 5.41) is 2.97. The Kier molecular flexibility index (Phi) is 14.8. The van der Waals surface area contributed by atoms with Crippen LogP contribution in [0.5, 0.6) is 11.5 Å². The third-order valence-corrected chi connectivity index (χ3v) is 10.9. The SMILES string of the molecule is COc1ccc(C(OC[C@@H]2C[C@@H](C)CN2C(=O)CCCCC(=O)NCCSSCCN)(c2ccccc2)c2ccc(OC)cc2)cc1. The second-order valence-corrected chi connectivity index (χ2v) is 14.5. The van der Waals surface area contributed by atoms with Gasteiger partial charge in [0, 0.05) is 44.0 Å². The molecule has 4 rings (SSSR count). The first-order valence-electron chi connectivity index (χ1n) is 16.4. The topological polar surface area (TPSA) is 103 Å². The number of hydrogen-bond acceptors (Lipinski definition) is 8. The van der Waals surface area contributed by atoms with Gasteiger partial charge in [-0.05, 0) is 66.1 Å². The summed E-state index contributed by atoms with van der Waals surface area (Å²) in [7, 11) is 6.77. The van der Waals surface area contributed by atoms with Gasteiger partial charge in [0.1, 0.15) is 17.1 Å². The van der Waals surface area contributed by atoms with Crippen LogP contribution in [0.4, 0.5) is 0 Å². The van der Waals surface area contributed by atoms with Crippen molar-refractivity contribution in [3.63, 3.8) is 0 Å². The minimum absolute atomic E-state index is 0.0391. The molecule has 0 spiro atoms. The fourth-order valence-electron chi connectivity index (χ4n) is 6.10. The van der Waals surface area contributed by atoms with Crippen LogP contribution in [0, 0.1) is 5.92 Å². The van der Waals surface area contributed by atoms with Gasteiger partial charge < -0.3 is 30.2 Å². The van der Waals surface area contributed by atoms with Crippen LogP contribution in [0.25, 0.3) is 0 Å². The number of benzene rings is 3. The molecule has 47 heavy (non-hydrogen) atoms. The molecule has 1 aliphatic heterocycles. The molecule has 0 aliphatic carbocycles. The summed E-state index contributed by atoms with van der Waals surface area (Å²) >= 11 is 0. The molecule has 2 amide bonds. The zero-order valence-corrected chi connectivity index (χ0v) is 29.5. The van der Waals surface area contributed by atoms with Gasteiger partial charge in [-0.3, -0.25) is 9.59 Å². The maximum absolute atomic E-state index is 13.5. The zero-order valence-electron chi connectivity index (χ0n) is 27.8. The standard InChI is InChI=1S/C37H49N3O5S2/c1-28-25-32(40(26-28)36(42)12-8-7-11-35(41)39-22-24-47-46-23-21-38)27-45-37(29-9-5-4-6-10-29,30-13-17-33(43-2)18-14-30)31-15-19-34(44-3)20-16-31/h4-6,9-10,13-20,28,32H,7-8,11-12,21-27,38H2,1-3H3,(H,39,41)/t28-,32+/m1/s1. The van der Waals surface area contributed by atoms with Crippen molar-refractivity contribution in [3.05, 3.63) is 95.6 Å². The first kappa shape index (κ1) is 36.7. The van der Waals surface area contributed by atoms with Crippen molar-refractivity contribution >= 4 is 33.4 Å². The number of likely N-dealkylation sites (tertiary alicyclic amines) is 1. The summed E-state index contributed by atoms with van der Waals surface area (Å²) < 4.78 is 18.1. The van der Waals surface area contributed by atoms with Crippen molar-refractivity contribution in [1.82, 2.24) is 10.2 Å². The Balaban J connectivity index is 1.46. The number of unbranched alkanes of at least 4 members (excludes halogenated alkanes) is 1. The largest absolute Gasteiger partial charge is 0.497 e. The molecule has 3 aromatic rings. The van der Waals surface area contributed by atoms with E-state index in [1.807, 2.05) is 71.6 Å². The van der Waals surface area contributed by atoms with Gasteiger partial charge in [0.2, 0.25) is 11.8 Å². The molecular formula is C37H49N3O5S2. The lowest BCUT2D eigenvalue weighted by molar-refractivity contribution is -0.134. The van der Waals surface area contributed by atoms with E-state index >= 15 is 0 Å². The molecule has 0 bridgehead atoms. The summed E-state index contributed by atoms with van der Waals surface area (Å²) in [6.45, 7) is 4.57. The average Bonchev–Trinajstić information content (AvgIpc) is 3.49. The van der Waals surface area contributed by atoms with Gasteiger partial charge >= 0.3 is 0 Å². The highest BCUT2D eigenvalue weighted by Crippen LogP contribution is 2.42. The lowest BCUT2D eigenvalue weighted by Crippen LogP contribution is -2.42.